The second-order valence-electron chi connectivity index (χ2n) is 4.57. The summed E-state index contributed by atoms with van der Waals surface area (Å²) >= 11 is 2.02. The number of hydrogen-bond acceptors (Lipinski definition) is 2. The third kappa shape index (κ3) is 3.91. The van der Waals surface area contributed by atoms with Crippen molar-refractivity contribution in [3.05, 3.63) is 27.6 Å². The van der Waals surface area contributed by atoms with Crippen molar-refractivity contribution in [1.82, 2.24) is 5.32 Å². The van der Waals surface area contributed by atoms with Gasteiger partial charge >= 0.3 is 0 Å². The maximum absolute atomic E-state index is 12.9. The van der Waals surface area contributed by atoms with Crippen LogP contribution in [-0.4, -0.2) is 19.0 Å². The van der Waals surface area contributed by atoms with E-state index in [1.807, 2.05) is 22.6 Å². The molecule has 0 aliphatic carbocycles. The lowest BCUT2D eigenvalue weighted by molar-refractivity contribution is -0.116. The minimum atomic E-state index is -0.283. The predicted molar refractivity (Wildman–Crippen MR) is 78.0 cm³/mol. The summed E-state index contributed by atoms with van der Waals surface area (Å²) in [6, 6.07) is 4.38. The van der Waals surface area contributed by atoms with Crippen molar-refractivity contribution in [2.24, 2.45) is 5.92 Å². The van der Waals surface area contributed by atoms with Crippen LogP contribution in [0.1, 0.15) is 19.3 Å². The van der Waals surface area contributed by atoms with Crippen molar-refractivity contribution in [2.75, 3.05) is 18.4 Å². The van der Waals surface area contributed by atoms with E-state index < -0.39 is 0 Å². The summed E-state index contributed by atoms with van der Waals surface area (Å²) in [5.74, 6) is 0.337. The Balaban J connectivity index is 1.82. The van der Waals surface area contributed by atoms with E-state index >= 15 is 0 Å². The molecule has 2 rings (SSSR count). The molecule has 1 aromatic carbocycles. The molecule has 98 valence electrons. The van der Waals surface area contributed by atoms with Crippen molar-refractivity contribution >= 4 is 34.2 Å². The Hall–Kier alpha value is -0.690. The SMILES string of the molecule is O=C(CCC1CCNC1)Nc1ccc(F)cc1I. The molecule has 0 aromatic heterocycles. The smallest absolute Gasteiger partial charge is 0.224 e. The van der Waals surface area contributed by atoms with Gasteiger partial charge in [0.05, 0.1) is 5.69 Å². The third-order valence-electron chi connectivity index (χ3n) is 3.15. The maximum Gasteiger partial charge on any atom is 0.224 e. The van der Waals surface area contributed by atoms with Crippen LogP contribution in [0.5, 0.6) is 0 Å². The molecule has 0 radical (unpaired) electrons. The molecule has 2 N–H and O–H groups in total. The van der Waals surface area contributed by atoms with E-state index in [2.05, 4.69) is 10.6 Å². The zero-order valence-electron chi connectivity index (χ0n) is 10.0. The summed E-state index contributed by atoms with van der Waals surface area (Å²) in [6.45, 7) is 2.07. The van der Waals surface area contributed by atoms with Gasteiger partial charge in [0.15, 0.2) is 0 Å². The van der Waals surface area contributed by atoms with Crippen LogP contribution in [0.15, 0.2) is 18.2 Å². The molecule has 1 aliphatic rings. The van der Waals surface area contributed by atoms with Crippen LogP contribution in [-0.2, 0) is 4.79 Å². The number of halogens is 2. The summed E-state index contributed by atoms with van der Waals surface area (Å²) in [5.41, 5.74) is 0.687. The molecule has 1 amide bonds. The lowest BCUT2D eigenvalue weighted by Gasteiger charge is -2.10. The Labute approximate surface area is 120 Å². The highest BCUT2D eigenvalue weighted by Gasteiger charge is 2.16. The number of nitrogens with one attached hydrogen (secondary N) is 2. The van der Waals surface area contributed by atoms with Crippen molar-refractivity contribution in [1.29, 1.82) is 0 Å². The van der Waals surface area contributed by atoms with Gasteiger partial charge in [-0.05, 0) is 72.6 Å². The average molecular weight is 362 g/mol. The van der Waals surface area contributed by atoms with Crippen LogP contribution in [0.4, 0.5) is 10.1 Å². The van der Waals surface area contributed by atoms with E-state index in [-0.39, 0.29) is 11.7 Å². The van der Waals surface area contributed by atoms with Gasteiger partial charge in [-0.25, -0.2) is 4.39 Å². The maximum atomic E-state index is 12.9. The molecule has 1 unspecified atom stereocenters. The second-order valence-corrected chi connectivity index (χ2v) is 5.73. The van der Waals surface area contributed by atoms with Crippen molar-refractivity contribution < 1.29 is 9.18 Å². The van der Waals surface area contributed by atoms with Gasteiger partial charge in [0.2, 0.25) is 5.91 Å². The molecule has 18 heavy (non-hydrogen) atoms. The largest absolute Gasteiger partial charge is 0.325 e. The summed E-state index contributed by atoms with van der Waals surface area (Å²) in [4.78, 5) is 11.8. The number of carbonyl (C=O) groups is 1. The van der Waals surface area contributed by atoms with Gasteiger partial charge in [-0.2, -0.15) is 0 Å². The molecule has 0 saturated carbocycles. The van der Waals surface area contributed by atoms with E-state index in [9.17, 15) is 9.18 Å². The van der Waals surface area contributed by atoms with Crippen LogP contribution < -0.4 is 10.6 Å². The molecule has 1 fully saturated rings. The molecule has 1 aliphatic heterocycles. The number of hydrogen-bond donors (Lipinski definition) is 2. The molecule has 0 bridgehead atoms. The predicted octanol–water partition coefficient (Wildman–Crippen LogP) is 2.76. The Kier molecular flexibility index (Phi) is 4.94. The van der Waals surface area contributed by atoms with E-state index in [1.165, 1.54) is 12.1 Å². The van der Waals surface area contributed by atoms with Crippen LogP contribution in [0.2, 0.25) is 0 Å². The Bertz CT molecular complexity index is 433. The summed E-state index contributed by atoms with van der Waals surface area (Å²) in [7, 11) is 0. The highest BCUT2D eigenvalue weighted by Crippen LogP contribution is 2.20. The van der Waals surface area contributed by atoms with Crippen LogP contribution in [0.3, 0.4) is 0 Å². The summed E-state index contributed by atoms with van der Waals surface area (Å²) < 4.78 is 13.6. The van der Waals surface area contributed by atoms with Crippen molar-refractivity contribution in [3.8, 4) is 0 Å². The molecule has 0 spiro atoms. The van der Waals surface area contributed by atoms with Crippen LogP contribution >= 0.6 is 22.6 Å². The fourth-order valence-corrected chi connectivity index (χ4v) is 2.71. The van der Waals surface area contributed by atoms with Crippen molar-refractivity contribution in [3.63, 3.8) is 0 Å². The second kappa shape index (κ2) is 6.47. The van der Waals surface area contributed by atoms with Crippen LogP contribution in [0, 0.1) is 15.3 Å². The van der Waals surface area contributed by atoms with Gasteiger partial charge in [-0.1, -0.05) is 0 Å². The molecule has 1 saturated heterocycles. The number of rotatable bonds is 4. The minimum Gasteiger partial charge on any atom is -0.325 e. The zero-order valence-corrected chi connectivity index (χ0v) is 12.2. The number of benzene rings is 1. The summed E-state index contributed by atoms with van der Waals surface area (Å²) in [6.07, 6.45) is 2.60. The van der Waals surface area contributed by atoms with Crippen LogP contribution in [0.25, 0.3) is 0 Å². The monoisotopic (exact) mass is 362 g/mol. The number of anilines is 1. The van der Waals surface area contributed by atoms with Gasteiger partial charge in [-0.3, -0.25) is 4.79 Å². The van der Waals surface area contributed by atoms with Gasteiger partial charge in [0.25, 0.3) is 0 Å². The molecule has 5 heteroatoms. The van der Waals surface area contributed by atoms with E-state index in [1.54, 1.807) is 6.07 Å². The lowest BCUT2D eigenvalue weighted by Crippen LogP contribution is -2.15. The van der Waals surface area contributed by atoms with E-state index in [4.69, 9.17) is 0 Å². The normalized spacial score (nSPS) is 18.9. The Morgan fingerprint density at radius 2 is 2.39 bits per heavy atom. The molecule has 1 heterocycles. The lowest BCUT2D eigenvalue weighted by atomic mass is 10.0. The van der Waals surface area contributed by atoms with Gasteiger partial charge in [-0.15, -0.1) is 0 Å². The highest BCUT2D eigenvalue weighted by molar-refractivity contribution is 14.1. The number of amides is 1. The van der Waals surface area contributed by atoms with Gasteiger partial charge in [0, 0.05) is 9.99 Å². The minimum absolute atomic E-state index is 0.00595. The topological polar surface area (TPSA) is 41.1 Å². The highest BCUT2D eigenvalue weighted by atomic mass is 127. The Morgan fingerprint density at radius 3 is 3.06 bits per heavy atom. The molecule has 1 aromatic rings. The molecular weight excluding hydrogens is 346 g/mol. The Morgan fingerprint density at radius 1 is 1.56 bits per heavy atom. The molecule has 3 nitrogen and oxygen atoms in total. The quantitative estimate of drug-likeness (QED) is 0.809. The molecule has 1 atom stereocenters. The standard InChI is InChI=1S/C13H16FIN2O/c14-10-2-3-12(11(15)7-10)17-13(18)4-1-9-5-6-16-8-9/h2-3,7,9,16H,1,4-6,8H2,(H,17,18). The van der Waals surface area contributed by atoms with E-state index in [0.29, 0.717) is 18.0 Å². The first kappa shape index (κ1) is 13.7. The first-order valence-corrected chi connectivity index (χ1v) is 7.18. The third-order valence-corrected chi connectivity index (χ3v) is 4.04. The van der Waals surface area contributed by atoms with Gasteiger partial charge in [0.1, 0.15) is 5.82 Å². The number of carbonyl (C=O) groups excluding carboxylic acids is 1. The van der Waals surface area contributed by atoms with E-state index in [0.717, 1.165) is 29.5 Å². The van der Waals surface area contributed by atoms with Gasteiger partial charge < -0.3 is 10.6 Å². The molecular formula is C13H16FIN2O. The zero-order chi connectivity index (χ0) is 13.0. The van der Waals surface area contributed by atoms with Crippen molar-refractivity contribution in [2.45, 2.75) is 19.3 Å². The first-order valence-electron chi connectivity index (χ1n) is 6.11. The average Bonchev–Trinajstić information content (AvgIpc) is 2.83. The first-order chi connectivity index (χ1) is 8.65. The fraction of sp³-hybridized carbons (Fsp3) is 0.462. The summed E-state index contributed by atoms with van der Waals surface area (Å²) in [5, 5.41) is 6.11. The fourth-order valence-electron chi connectivity index (χ4n) is 2.10.